The topological polar surface area (TPSA) is 66.4 Å². The van der Waals surface area contributed by atoms with E-state index in [9.17, 15) is 13.5 Å². The summed E-state index contributed by atoms with van der Waals surface area (Å²) in [5.74, 6) is 0. The summed E-state index contributed by atoms with van der Waals surface area (Å²) >= 11 is 13.7. The molecule has 1 aromatic carbocycles. The summed E-state index contributed by atoms with van der Waals surface area (Å²) in [4.78, 5) is -0.0368. The molecular formula is C13H17Cl2NO3S2. The molecule has 0 heterocycles. The third-order valence-electron chi connectivity index (χ3n) is 3.60. The zero-order valence-electron chi connectivity index (χ0n) is 11.5. The second kappa shape index (κ2) is 7.06. The molecule has 1 saturated carbocycles. The standard InChI is InChI=1S/C13H17Cl2NO3S2/c1-20-10-3-2-9(5-10)16-21(18,19)13-4-8(7-17)11(14)6-12(13)15/h4,6,9-10,16-17H,2-3,5,7H2,1H3. The first-order valence-electron chi connectivity index (χ1n) is 6.51. The Balaban J connectivity index is 2.24. The maximum absolute atomic E-state index is 12.5. The van der Waals surface area contributed by atoms with Gasteiger partial charge in [-0.1, -0.05) is 23.2 Å². The molecule has 0 radical (unpaired) electrons. The van der Waals surface area contributed by atoms with Crippen molar-refractivity contribution < 1.29 is 13.5 Å². The van der Waals surface area contributed by atoms with E-state index in [0.29, 0.717) is 10.8 Å². The van der Waals surface area contributed by atoms with Gasteiger partial charge in [-0.25, -0.2) is 13.1 Å². The first-order chi connectivity index (χ1) is 9.87. The van der Waals surface area contributed by atoms with Gasteiger partial charge in [0.15, 0.2) is 0 Å². The number of sulfonamides is 1. The lowest BCUT2D eigenvalue weighted by Gasteiger charge is -2.15. The summed E-state index contributed by atoms with van der Waals surface area (Å²) in [7, 11) is -3.72. The van der Waals surface area contributed by atoms with Crippen LogP contribution in [0.2, 0.25) is 10.0 Å². The summed E-state index contributed by atoms with van der Waals surface area (Å²) < 4.78 is 27.6. The lowest BCUT2D eigenvalue weighted by Crippen LogP contribution is -2.33. The molecule has 1 aliphatic rings. The predicted octanol–water partition coefficient (Wildman–Crippen LogP) is 3.05. The summed E-state index contributed by atoms with van der Waals surface area (Å²) in [6.07, 6.45) is 4.68. The van der Waals surface area contributed by atoms with Crippen molar-refractivity contribution in [2.24, 2.45) is 0 Å². The largest absolute Gasteiger partial charge is 0.392 e. The molecule has 118 valence electrons. The molecule has 2 N–H and O–H groups in total. The third kappa shape index (κ3) is 4.06. The van der Waals surface area contributed by atoms with Crippen LogP contribution in [0.15, 0.2) is 17.0 Å². The van der Waals surface area contributed by atoms with E-state index in [0.717, 1.165) is 19.3 Å². The molecule has 0 saturated heterocycles. The molecule has 2 unspecified atom stereocenters. The number of hydrogen-bond acceptors (Lipinski definition) is 4. The molecule has 0 aromatic heterocycles. The van der Waals surface area contributed by atoms with Crippen LogP contribution >= 0.6 is 35.0 Å². The summed E-state index contributed by atoms with van der Waals surface area (Å²) in [5.41, 5.74) is 0.342. The molecular weight excluding hydrogens is 353 g/mol. The Labute approximate surface area is 139 Å². The van der Waals surface area contributed by atoms with Gasteiger partial charge in [-0.05, 0) is 43.2 Å². The second-order valence-corrected chi connectivity index (χ2v) is 8.66. The van der Waals surface area contributed by atoms with Gasteiger partial charge in [0, 0.05) is 16.3 Å². The van der Waals surface area contributed by atoms with Crippen molar-refractivity contribution >= 4 is 45.0 Å². The van der Waals surface area contributed by atoms with Crippen LogP contribution in [0.4, 0.5) is 0 Å². The van der Waals surface area contributed by atoms with Gasteiger partial charge >= 0.3 is 0 Å². The lowest BCUT2D eigenvalue weighted by atomic mass is 10.2. The number of thioether (sulfide) groups is 1. The highest BCUT2D eigenvalue weighted by Gasteiger charge is 2.29. The molecule has 8 heteroatoms. The van der Waals surface area contributed by atoms with Crippen molar-refractivity contribution in [2.45, 2.75) is 42.1 Å². The number of aliphatic hydroxyl groups is 1. The van der Waals surface area contributed by atoms with Gasteiger partial charge in [0.1, 0.15) is 4.90 Å². The fraction of sp³-hybridized carbons (Fsp3) is 0.538. The number of aliphatic hydroxyl groups excluding tert-OH is 1. The van der Waals surface area contributed by atoms with E-state index in [1.165, 1.54) is 12.1 Å². The third-order valence-corrected chi connectivity index (χ3v) is 7.03. The monoisotopic (exact) mass is 369 g/mol. The van der Waals surface area contributed by atoms with Crippen LogP contribution in [0, 0.1) is 0 Å². The van der Waals surface area contributed by atoms with Crippen LogP contribution in [0.3, 0.4) is 0 Å². The van der Waals surface area contributed by atoms with Gasteiger partial charge in [0.2, 0.25) is 10.0 Å². The maximum Gasteiger partial charge on any atom is 0.242 e. The van der Waals surface area contributed by atoms with Crippen LogP contribution < -0.4 is 4.72 Å². The molecule has 0 spiro atoms. The molecule has 4 nitrogen and oxygen atoms in total. The van der Waals surface area contributed by atoms with Crippen molar-refractivity contribution in [3.8, 4) is 0 Å². The Hall–Kier alpha value is 0.0200. The maximum atomic E-state index is 12.5. The Bertz CT molecular complexity index is 622. The van der Waals surface area contributed by atoms with E-state index in [2.05, 4.69) is 4.72 Å². The van der Waals surface area contributed by atoms with Gasteiger partial charge in [0.25, 0.3) is 0 Å². The van der Waals surface area contributed by atoms with Gasteiger partial charge < -0.3 is 5.11 Å². The van der Waals surface area contributed by atoms with E-state index >= 15 is 0 Å². The minimum Gasteiger partial charge on any atom is -0.392 e. The quantitative estimate of drug-likeness (QED) is 0.836. The zero-order valence-corrected chi connectivity index (χ0v) is 14.6. The van der Waals surface area contributed by atoms with Gasteiger partial charge in [-0.3, -0.25) is 0 Å². The molecule has 2 rings (SSSR count). The molecule has 2 atom stereocenters. The second-order valence-electron chi connectivity index (χ2n) is 5.02. The molecule has 0 amide bonds. The van der Waals surface area contributed by atoms with Crippen LogP contribution in [0.5, 0.6) is 0 Å². The van der Waals surface area contributed by atoms with Crippen molar-refractivity contribution in [1.29, 1.82) is 0 Å². The van der Waals surface area contributed by atoms with Crippen molar-refractivity contribution in [2.75, 3.05) is 6.26 Å². The minimum atomic E-state index is -3.72. The zero-order chi connectivity index (χ0) is 15.6. The molecule has 1 fully saturated rings. The highest BCUT2D eigenvalue weighted by Crippen LogP contribution is 2.32. The molecule has 21 heavy (non-hydrogen) atoms. The molecule has 0 bridgehead atoms. The normalized spacial score (nSPS) is 22.7. The predicted molar refractivity (Wildman–Crippen MR) is 87.6 cm³/mol. The Kier molecular flexibility index (Phi) is 5.84. The number of nitrogens with one attached hydrogen (secondary N) is 1. The fourth-order valence-electron chi connectivity index (χ4n) is 2.44. The molecule has 1 aromatic rings. The van der Waals surface area contributed by atoms with Crippen LogP contribution in [0.25, 0.3) is 0 Å². The van der Waals surface area contributed by atoms with Crippen LogP contribution in [-0.2, 0) is 16.6 Å². The Morgan fingerprint density at radius 2 is 2.05 bits per heavy atom. The van der Waals surface area contributed by atoms with E-state index in [-0.39, 0.29) is 27.6 Å². The summed E-state index contributed by atoms with van der Waals surface area (Å²) in [6, 6.07) is 2.60. The van der Waals surface area contributed by atoms with E-state index < -0.39 is 10.0 Å². The van der Waals surface area contributed by atoms with Crippen molar-refractivity contribution in [3.05, 3.63) is 27.7 Å². The van der Waals surface area contributed by atoms with Crippen molar-refractivity contribution in [3.63, 3.8) is 0 Å². The smallest absolute Gasteiger partial charge is 0.242 e. The van der Waals surface area contributed by atoms with Crippen LogP contribution in [-0.4, -0.2) is 31.1 Å². The van der Waals surface area contributed by atoms with Gasteiger partial charge in [-0.15, -0.1) is 0 Å². The van der Waals surface area contributed by atoms with Crippen LogP contribution in [0.1, 0.15) is 24.8 Å². The highest BCUT2D eigenvalue weighted by molar-refractivity contribution is 7.99. The van der Waals surface area contributed by atoms with Gasteiger partial charge in [0.05, 0.1) is 11.6 Å². The van der Waals surface area contributed by atoms with E-state index in [1.807, 2.05) is 6.26 Å². The van der Waals surface area contributed by atoms with E-state index in [1.54, 1.807) is 11.8 Å². The fourth-order valence-corrected chi connectivity index (χ4v) is 5.38. The molecule has 1 aliphatic carbocycles. The number of hydrogen-bond donors (Lipinski definition) is 2. The minimum absolute atomic E-state index is 0.0368. The van der Waals surface area contributed by atoms with E-state index in [4.69, 9.17) is 23.2 Å². The first kappa shape index (κ1) is 17.4. The lowest BCUT2D eigenvalue weighted by molar-refractivity contribution is 0.281. The first-order valence-corrected chi connectivity index (χ1v) is 10.0. The summed E-state index contributed by atoms with van der Waals surface area (Å²) in [6.45, 7) is -0.337. The molecule has 0 aliphatic heterocycles. The number of rotatable bonds is 5. The van der Waals surface area contributed by atoms with Crippen molar-refractivity contribution in [1.82, 2.24) is 4.72 Å². The Morgan fingerprint density at radius 1 is 1.33 bits per heavy atom. The average molecular weight is 370 g/mol. The van der Waals surface area contributed by atoms with Gasteiger partial charge in [-0.2, -0.15) is 11.8 Å². The number of benzene rings is 1. The average Bonchev–Trinajstić information content (AvgIpc) is 2.85. The SMILES string of the molecule is CSC1CCC(NS(=O)(=O)c2cc(CO)c(Cl)cc2Cl)C1. The summed E-state index contributed by atoms with van der Waals surface area (Å²) in [5, 5.41) is 10.0. The Morgan fingerprint density at radius 3 is 2.62 bits per heavy atom. The highest BCUT2D eigenvalue weighted by atomic mass is 35.5. The number of halogens is 2.